The summed E-state index contributed by atoms with van der Waals surface area (Å²) in [7, 11) is 0. The van der Waals surface area contributed by atoms with Crippen molar-refractivity contribution in [2.45, 2.75) is 46.3 Å². The molecule has 0 aliphatic rings. The van der Waals surface area contributed by atoms with Gasteiger partial charge in [0.2, 0.25) is 0 Å². The zero-order chi connectivity index (χ0) is 21.2. The number of nitrogens with one attached hydrogen (secondary N) is 1. The van der Waals surface area contributed by atoms with Gasteiger partial charge in [-0.3, -0.25) is 9.59 Å². The first-order valence-electron chi connectivity index (χ1n) is 9.07. The fraction of sp³-hybridized carbons (Fsp3) is 0.476. The Kier molecular flexibility index (Phi) is 9.03. The summed E-state index contributed by atoms with van der Waals surface area (Å²) < 4.78 is 15.2. The molecule has 7 nitrogen and oxygen atoms in total. The molecule has 0 heterocycles. The number of hydrogen-bond donors (Lipinski definition) is 1. The highest BCUT2D eigenvalue weighted by atomic mass is 16.6. The number of carbonyl (C=O) groups is 3. The number of ether oxygens (including phenoxy) is 3. The Morgan fingerprint density at radius 2 is 1.54 bits per heavy atom. The van der Waals surface area contributed by atoms with Crippen molar-refractivity contribution in [1.82, 2.24) is 5.32 Å². The van der Waals surface area contributed by atoms with Gasteiger partial charge in [-0.15, -0.1) is 0 Å². The average molecular weight is 389 g/mol. The van der Waals surface area contributed by atoms with E-state index in [-0.39, 0.29) is 13.2 Å². The Bertz CT molecular complexity index is 709. The second kappa shape index (κ2) is 11.0. The molecule has 0 aromatic heterocycles. The summed E-state index contributed by atoms with van der Waals surface area (Å²) in [5.74, 6) is 2.52. The van der Waals surface area contributed by atoms with Gasteiger partial charge in [0.05, 0.1) is 13.2 Å². The van der Waals surface area contributed by atoms with Crippen LogP contribution in [-0.2, 0) is 23.8 Å². The van der Waals surface area contributed by atoms with Crippen LogP contribution in [0.4, 0.5) is 4.79 Å². The lowest BCUT2D eigenvalue weighted by Gasteiger charge is -2.24. The van der Waals surface area contributed by atoms with Crippen LogP contribution in [0.15, 0.2) is 30.3 Å². The maximum Gasteiger partial charge on any atom is 0.408 e. The Morgan fingerprint density at radius 3 is 2.00 bits per heavy atom. The molecule has 0 bridgehead atoms. The summed E-state index contributed by atoms with van der Waals surface area (Å²) in [6, 6.07) is 7.78. The smallest absolute Gasteiger partial charge is 0.408 e. The molecule has 0 saturated heterocycles. The SMILES string of the molecule is CCOC(=O)C(C(=O)OCC)C(C#Cc1ccccc1)NC(=O)OC(C)(C)C. The van der Waals surface area contributed by atoms with E-state index in [1.165, 1.54) is 0 Å². The predicted octanol–water partition coefficient (Wildman–Crippen LogP) is 2.67. The van der Waals surface area contributed by atoms with Gasteiger partial charge in [0.15, 0.2) is 5.92 Å². The number of hydrogen-bond acceptors (Lipinski definition) is 6. The number of amides is 1. The Morgan fingerprint density at radius 1 is 1.00 bits per heavy atom. The van der Waals surface area contributed by atoms with Crippen LogP contribution in [0.3, 0.4) is 0 Å². The molecule has 28 heavy (non-hydrogen) atoms. The zero-order valence-electron chi connectivity index (χ0n) is 16.9. The molecule has 1 N–H and O–H groups in total. The first kappa shape index (κ1) is 23.0. The van der Waals surface area contributed by atoms with Crippen LogP contribution in [0.2, 0.25) is 0 Å². The molecule has 0 radical (unpaired) electrons. The molecule has 0 aliphatic carbocycles. The maximum atomic E-state index is 12.4. The van der Waals surface area contributed by atoms with E-state index in [1.807, 2.05) is 6.07 Å². The van der Waals surface area contributed by atoms with Crippen molar-refractivity contribution in [3.8, 4) is 11.8 Å². The summed E-state index contributed by atoms with van der Waals surface area (Å²) in [6.07, 6.45) is -0.807. The normalized spacial score (nSPS) is 11.6. The van der Waals surface area contributed by atoms with E-state index >= 15 is 0 Å². The monoisotopic (exact) mass is 389 g/mol. The summed E-state index contributed by atoms with van der Waals surface area (Å²) in [6.45, 7) is 8.47. The lowest BCUT2D eigenvalue weighted by molar-refractivity contribution is -0.162. The molecule has 1 amide bonds. The van der Waals surface area contributed by atoms with Crippen molar-refractivity contribution >= 4 is 18.0 Å². The Hall–Kier alpha value is -3.01. The number of alkyl carbamates (subject to hydrolysis) is 1. The van der Waals surface area contributed by atoms with Crippen LogP contribution in [-0.4, -0.2) is 42.9 Å². The molecule has 0 aliphatic heterocycles. The molecular formula is C21H27NO6. The van der Waals surface area contributed by atoms with Crippen molar-refractivity contribution in [1.29, 1.82) is 0 Å². The third kappa shape index (κ3) is 8.12. The van der Waals surface area contributed by atoms with Gasteiger partial charge in [-0.05, 0) is 46.8 Å². The molecule has 0 saturated carbocycles. The number of carbonyl (C=O) groups excluding carboxylic acids is 3. The molecular weight excluding hydrogens is 362 g/mol. The molecule has 1 aromatic carbocycles. The molecule has 7 heteroatoms. The lowest BCUT2D eigenvalue weighted by atomic mass is 9.99. The van der Waals surface area contributed by atoms with Gasteiger partial charge in [-0.1, -0.05) is 30.0 Å². The van der Waals surface area contributed by atoms with Crippen LogP contribution in [0.5, 0.6) is 0 Å². The van der Waals surface area contributed by atoms with Gasteiger partial charge in [0, 0.05) is 5.56 Å². The van der Waals surface area contributed by atoms with Gasteiger partial charge < -0.3 is 19.5 Å². The van der Waals surface area contributed by atoms with Crippen molar-refractivity contribution in [2.75, 3.05) is 13.2 Å². The summed E-state index contributed by atoms with van der Waals surface area (Å²) in [4.78, 5) is 37.0. The minimum Gasteiger partial charge on any atom is -0.465 e. The molecule has 1 rings (SSSR count). The zero-order valence-corrected chi connectivity index (χ0v) is 16.9. The minimum atomic E-state index is -1.44. The van der Waals surface area contributed by atoms with Gasteiger partial charge in [0.25, 0.3) is 0 Å². The fourth-order valence-electron chi connectivity index (χ4n) is 2.15. The third-order valence-corrected chi connectivity index (χ3v) is 3.23. The summed E-state index contributed by atoms with van der Waals surface area (Å²) in [5.41, 5.74) is -0.102. The van der Waals surface area contributed by atoms with Crippen molar-refractivity contribution in [3.05, 3.63) is 35.9 Å². The Balaban J connectivity index is 3.23. The second-order valence-electron chi connectivity index (χ2n) is 6.74. The summed E-state index contributed by atoms with van der Waals surface area (Å²) >= 11 is 0. The number of rotatable bonds is 6. The molecule has 152 valence electrons. The summed E-state index contributed by atoms with van der Waals surface area (Å²) in [5, 5.41) is 2.49. The van der Waals surface area contributed by atoms with Gasteiger partial charge in [-0.2, -0.15) is 0 Å². The molecule has 0 fully saturated rings. The van der Waals surface area contributed by atoms with Crippen molar-refractivity contribution in [2.24, 2.45) is 5.92 Å². The fourth-order valence-corrected chi connectivity index (χ4v) is 2.15. The number of esters is 2. The second-order valence-corrected chi connectivity index (χ2v) is 6.74. The van der Waals surface area contributed by atoms with Crippen LogP contribution < -0.4 is 5.32 Å². The van der Waals surface area contributed by atoms with Crippen LogP contribution in [0.25, 0.3) is 0 Å². The van der Waals surface area contributed by atoms with E-state index in [0.29, 0.717) is 5.56 Å². The topological polar surface area (TPSA) is 90.9 Å². The highest BCUT2D eigenvalue weighted by Gasteiger charge is 2.38. The highest BCUT2D eigenvalue weighted by Crippen LogP contribution is 2.13. The van der Waals surface area contributed by atoms with Gasteiger partial charge in [-0.25, -0.2) is 4.79 Å². The van der Waals surface area contributed by atoms with Gasteiger partial charge in [0.1, 0.15) is 11.6 Å². The quantitative estimate of drug-likeness (QED) is 0.348. The largest absolute Gasteiger partial charge is 0.465 e. The lowest BCUT2D eigenvalue weighted by Crippen LogP contribution is -2.48. The van der Waals surface area contributed by atoms with Crippen LogP contribution in [0, 0.1) is 17.8 Å². The van der Waals surface area contributed by atoms with Crippen molar-refractivity contribution < 1.29 is 28.6 Å². The predicted molar refractivity (Wildman–Crippen MR) is 103 cm³/mol. The molecule has 1 aromatic rings. The van der Waals surface area contributed by atoms with E-state index in [0.717, 1.165) is 0 Å². The van der Waals surface area contributed by atoms with E-state index in [1.54, 1.807) is 58.9 Å². The Labute approximate surface area is 165 Å². The van der Waals surface area contributed by atoms with E-state index in [4.69, 9.17) is 14.2 Å². The third-order valence-electron chi connectivity index (χ3n) is 3.23. The first-order valence-corrected chi connectivity index (χ1v) is 9.07. The standard InChI is InChI=1S/C21H27NO6/c1-6-26-18(23)17(19(24)27-7-2)16(22-20(25)28-21(3,4)5)14-13-15-11-9-8-10-12-15/h8-12,16-17H,6-7H2,1-5H3,(H,22,25). The number of benzene rings is 1. The molecule has 0 spiro atoms. The van der Waals surface area contributed by atoms with E-state index < -0.39 is 35.6 Å². The van der Waals surface area contributed by atoms with E-state index in [2.05, 4.69) is 17.2 Å². The molecule has 1 atom stereocenters. The average Bonchev–Trinajstić information content (AvgIpc) is 2.59. The highest BCUT2D eigenvalue weighted by molar-refractivity contribution is 5.97. The van der Waals surface area contributed by atoms with Gasteiger partial charge >= 0.3 is 18.0 Å². The maximum absolute atomic E-state index is 12.4. The van der Waals surface area contributed by atoms with E-state index in [9.17, 15) is 14.4 Å². The van der Waals surface area contributed by atoms with Crippen molar-refractivity contribution in [3.63, 3.8) is 0 Å². The first-order chi connectivity index (χ1) is 13.2. The molecule has 1 unspecified atom stereocenters. The van der Waals surface area contributed by atoms with Crippen LogP contribution in [0.1, 0.15) is 40.2 Å². The van der Waals surface area contributed by atoms with Crippen LogP contribution >= 0.6 is 0 Å². The minimum absolute atomic E-state index is 0.0695.